The van der Waals surface area contributed by atoms with E-state index in [4.69, 9.17) is 4.42 Å². The van der Waals surface area contributed by atoms with Crippen molar-refractivity contribution in [3.8, 4) is 0 Å². The zero-order valence-electron chi connectivity index (χ0n) is 12.0. The van der Waals surface area contributed by atoms with Gasteiger partial charge in [0.2, 0.25) is 0 Å². The van der Waals surface area contributed by atoms with E-state index < -0.39 is 16.0 Å². The van der Waals surface area contributed by atoms with Gasteiger partial charge >= 0.3 is 5.97 Å². The fourth-order valence-electron chi connectivity index (χ4n) is 1.98. The van der Waals surface area contributed by atoms with Crippen LogP contribution in [-0.2, 0) is 14.8 Å². The van der Waals surface area contributed by atoms with Gasteiger partial charge in [0.15, 0.2) is 5.82 Å². The van der Waals surface area contributed by atoms with Crippen molar-refractivity contribution in [3.63, 3.8) is 0 Å². The number of hydrogen-bond donors (Lipinski definition) is 2. The molecule has 0 saturated heterocycles. The number of furan rings is 1. The van der Waals surface area contributed by atoms with Gasteiger partial charge in [0.05, 0.1) is 7.11 Å². The summed E-state index contributed by atoms with van der Waals surface area (Å²) in [6, 6.07) is 1.53. The van der Waals surface area contributed by atoms with E-state index in [1.807, 2.05) is 0 Å². The summed E-state index contributed by atoms with van der Waals surface area (Å²) in [4.78, 5) is 11.5. The molecule has 0 aliphatic heterocycles. The lowest BCUT2D eigenvalue weighted by Gasteiger charge is -2.06. The predicted molar refractivity (Wildman–Crippen MR) is 73.7 cm³/mol. The molecule has 0 fully saturated rings. The second-order valence-electron chi connectivity index (χ2n) is 4.45. The van der Waals surface area contributed by atoms with Crippen LogP contribution in [0, 0.1) is 20.8 Å². The summed E-state index contributed by atoms with van der Waals surface area (Å²) in [6.45, 7) is 4.69. The van der Waals surface area contributed by atoms with Crippen LogP contribution in [0.1, 0.15) is 27.6 Å². The quantitative estimate of drug-likeness (QED) is 0.827. The Hall–Kier alpha value is -2.29. The van der Waals surface area contributed by atoms with E-state index in [0.717, 1.165) is 0 Å². The third kappa shape index (κ3) is 2.77. The second kappa shape index (κ2) is 5.24. The molecule has 0 aromatic carbocycles. The van der Waals surface area contributed by atoms with Crippen LogP contribution in [0.4, 0.5) is 5.82 Å². The molecule has 8 nitrogen and oxygen atoms in total. The Morgan fingerprint density at radius 3 is 2.52 bits per heavy atom. The highest BCUT2D eigenvalue weighted by molar-refractivity contribution is 7.92. The number of anilines is 1. The Morgan fingerprint density at radius 2 is 2.00 bits per heavy atom. The van der Waals surface area contributed by atoms with Gasteiger partial charge in [-0.15, -0.1) is 0 Å². The molecule has 2 N–H and O–H groups in total. The van der Waals surface area contributed by atoms with Gasteiger partial charge in [0.25, 0.3) is 10.0 Å². The summed E-state index contributed by atoms with van der Waals surface area (Å²) >= 11 is 0. The lowest BCUT2D eigenvalue weighted by atomic mass is 10.2. The van der Waals surface area contributed by atoms with E-state index in [-0.39, 0.29) is 27.8 Å². The average Bonchev–Trinajstić information content (AvgIpc) is 2.91. The zero-order chi connectivity index (χ0) is 15.8. The lowest BCUT2D eigenvalue weighted by molar-refractivity contribution is 0.0595. The molecule has 0 aliphatic carbocycles. The minimum atomic E-state index is -4.02. The van der Waals surface area contributed by atoms with Gasteiger partial charge in [-0.25, -0.2) is 13.2 Å². The Kier molecular flexibility index (Phi) is 3.77. The van der Waals surface area contributed by atoms with E-state index in [1.54, 1.807) is 6.92 Å². The molecular weight excluding hydrogens is 298 g/mol. The Labute approximate surface area is 121 Å². The SMILES string of the molecule is COC(=O)c1c(C)oc(C)c1S(=O)(=O)Nc1cc(C)[nH]n1. The van der Waals surface area contributed by atoms with Crippen LogP contribution in [-0.4, -0.2) is 31.7 Å². The minimum Gasteiger partial charge on any atom is -0.465 e. The van der Waals surface area contributed by atoms with Crippen molar-refractivity contribution < 1.29 is 22.4 Å². The third-order valence-electron chi connectivity index (χ3n) is 2.81. The van der Waals surface area contributed by atoms with Gasteiger partial charge in [0.1, 0.15) is 22.0 Å². The van der Waals surface area contributed by atoms with E-state index in [9.17, 15) is 13.2 Å². The van der Waals surface area contributed by atoms with Crippen molar-refractivity contribution in [1.29, 1.82) is 0 Å². The first-order chi connectivity index (χ1) is 9.76. The van der Waals surface area contributed by atoms with Crippen LogP contribution >= 0.6 is 0 Å². The summed E-state index contributed by atoms with van der Waals surface area (Å²) in [5.74, 6) is -0.366. The number of nitrogens with one attached hydrogen (secondary N) is 2. The minimum absolute atomic E-state index is 0.104. The number of sulfonamides is 1. The van der Waals surface area contributed by atoms with Gasteiger partial charge in [-0.3, -0.25) is 9.82 Å². The van der Waals surface area contributed by atoms with Gasteiger partial charge in [-0.2, -0.15) is 5.10 Å². The monoisotopic (exact) mass is 313 g/mol. The van der Waals surface area contributed by atoms with Crippen LogP contribution in [0.25, 0.3) is 0 Å². The lowest BCUT2D eigenvalue weighted by Crippen LogP contribution is -2.17. The summed E-state index contributed by atoms with van der Waals surface area (Å²) in [7, 11) is -2.85. The molecule has 0 spiro atoms. The van der Waals surface area contributed by atoms with Gasteiger partial charge in [0, 0.05) is 11.8 Å². The molecule has 2 aromatic rings. The number of carbonyl (C=O) groups excluding carboxylic acids is 1. The molecule has 0 atom stereocenters. The topological polar surface area (TPSA) is 114 Å². The average molecular weight is 313 g/mol. The summed E-state index contributed by atoms with van der Waals surface area (Å²) < 4.78 is 37.1. The predicted octanol–water partition coefficient (Wildman–Crippen LogP) is 1.52. The van der Waals surface area contributed by atoms with Gasteiger partial charge in [-0.05, 0) is 20.8 Å². The zero-order valence-corrected chi connectivity index (χ0v) is 12.8. The Bertz CT molecular complexity index is 788. The maximum atomic E-state index is 12.5. The van der Waals surface area contributed by atoms with Crippen LogP contribution < -0.4 is 4.72 Å². The van der Waals surface area contributed by atoms with Crippen molar-refractivity contribution in [2.45, 2.75) is 25.7 Å². The molecular formula is C12H15N3O5S. The molecule has 2 rings (SSSR count). The van der Waals surface area contributed by atoms with E-state index in [1.165, 1.54) is 27.0 Å². The third-order valence-corrected chi connectivity index (χ3v) is 4.32. The highest BCUT2D eigenvalue weighted by Gasteiger charge is 2.32. The van der Waals surface area contributed by atoms with Crippen molar-refractivity contribution >= 4 is 21.8 Å². The van der Waals surface area contributed by atoms with Crippen molar-refractivity contribution in [2.75, 3.05) is 11.8 Å². The number of hydrogen-bond acceptors (Lipinski definition) is 6. The molecule has 0 radical (unpaired) electrons. The fourth-order valence-corrected chi connectivity index (χ4v) is 3.38. The van der Waals surface area contributed by atoms with Crippen LogP contribution in [0.5, 0.6) is 0 Å². The molecule has 2 heterocycles. The summed E-state index contributed by atoms with van der Waals surface area (Å²) in [5.41, 5.74) is 0.579. The van der Waals surface area contributed by atoms with Gasteiger partial charge in [-0.1, -0.05) is 0 Å². The number of esters is 1. The fraction of sp³-hybridized carbons (Fsp3) is 0.333. The van der Waals surface area contributed by atoms with Crippen LogP contribution in [0.3, 0.4) is 0 Å². The summed E-state index contributed by atoms with van der Waals surface area (Å²) in [6.07, 6.45) is 0. The first-order valence-corrected chi connectivity index (χ1v) is 7.47. The number of ether oxygens (including phenoxy) is 1. The first-order valence-electron chi connectivity index (χ1n) is 5.99. The van der Waals surface area contributed by atoms with Crippen molar-refractivity contribution in [1.82, 2.24) is 10.2 Å². The number of carbonyl (C=O) groups is 1. The number of nitrogens with zero attached hydrogens (tertiary/aromatic N) is 1. The highest BCUT2D eigenvalue weighted by atomic mass is 32.2. The van der Waals surface area contributed by atoms with Crippen LogP contribution in [0.2, 0.25) is 0 Å². The number of aromatic amines is 1. The molecule has 0 amide bonds. The Morgan fingerprint density at radius 1 is 1.33 bits per heavy atom. The number of rotatable bonds is 4. The smallest absolute Gasteiger partial charge is 0.342 e. The molecule has 0 saturated carbocycles. The van der Waals surface area contributed by atoms with Crippen molar-refractivity contribution in [2.24, 2.45) is 0 Å². The summed E-state index contributed by atoms with van der Waals surface area (Å²) in [5, 5.41) is 6.41. The van der Waals surface area contributed by atoms with E-state index >= 15 is 0 Å². The first kappa shape index (κ1) is 15.1. The number of H-pyrrole nitrogens is 1. The molecule has 2 aromatic heterocycles. The molecule has 21 heavy (non-hydrogen) atoms. The molecule has 0 aliphatic rings. The number of aryl methyl sites for hydroxylation is 3. The van der Waals surface area contributed by atoms with Crippen LogP contribution in [0.15, 0.2) is 15.4 Å². The van der Waals surface area contributed by atoms with Gasteiger partial charge < -0.3 is 9.15 Å². The maximum Gasteiger partial charge on any atom is 0.342 e. The molecule has 114 valence electrons. The second-order valence-corrected chi connectivity index (χ2v) is 6.07. The molecule has 9 heteroatoms. The highest BCUT2D eigenvalue weighted by Crippen LogP contribution is 2.28. The largest absolute Gasteiger partial charge is 0.465 e. The van der Waals surface area contributed by atoms with E-state index in [0.29, 0.717) is 5.69 Å². The number of methoxy groups -OCH3 is 1. The van der Waals surface area contributed by atoms with E-state index in [2.05, 4.69) is 19.7 Å². The normalized spacial score (nSPS) is 11.4. The number of aromatic nitrogens is 2. The standard InChI is InChI=1S/C12H15N3O5S/c1-6-5-9(14-13-6)15-21(17,18)11-8(3)20-7(2)10(11)12(16)19-4/h5H,1-4H3,(H2,13,14,15). The maximum absolute atomic E-state index is 12.5. The Balaban J connectivity index is 2.52. The molecule has 0 unspecified atom stereocenters. The molecule has 0 bridgehead atoms. The van der Waals surface area contributed by atoms with Crippen molar-refractivity contribution in [3.05, 3.63) is 28.8 Å².